The van der Waals surface area contributed by atoms with Gasteiger partial charge in [-0.1, -0.05) is 54.6 Å². The number of aryl methyl sites for hydroxylation is 1. The van der Waals surface area contributed by atoms with Gasteiger partial charge >= 0.3 is 0 Å². The molecular weight excluding hydrogens is 346 g/mol. The molecule has 28 heavy (non-hydrogen) atoms. The zero-order valence-electron chi connectivity index (χ0n) is 15.9. The van der Waals surface area contributed by atoms with E-state index in [2.05, 4.69) is 73.6 Å². The Balaban J connectivity index is 1.38. The van der Waals surface area contributed by atoms with Crippen LogP contribution in [-0.2, 0) is 19.5 Å². The van der Waals surface area contributed by atoms with Gasteiger partial charge in [0.15, 0.2) is 0 Å². The predicted octanol–water partition coefficient (Wildman–Crippen LogP) is 4.33. The summed E-state index contributed by atoms with van der Waals surface area (Å²) in [5.41, 5.74) is 8.44. The molecule has 5 nitrogen and oxygen atoms in total. The minimum atomic E-state index is 0.887. The van der Waals surface area contributed by atoms with Crippen LogP contribution in [0.15, 0.2) is 60.8 Å². The minimum Gasteiger partial charge on any atom is -0.345 e. The summed E-state index contributed by atoms with van der Waals surface area (Å²) in [6.07, 6.45) is 2.93. The van der Waals surface area contributed by atoms with Crippen molar-refractivity contribution in [3.05, 3.63) is 83.6 Å². The van der Waals surface area contributed by atoms with E-state index >= 15 is 0 Å². The molecule has 0 saturated heterocycles. The molecule has 140 valence electrons. The van der Waals surface area contributed by atoms with Crippen molar-refractivity contribution in [3.8, 4) is 22.4 Å². The molecule has 5 heteroatoms. The topological polar surface area (TPSA) is 60.6 Å². The van der Waals surface area contributed by atoms with Crippen molar-refractivity contribution < 1.29 is 0 Å². The van der Waals surface area contributed by atoms with Crippen molar-refractivity contribution >= 4 is 0 Å². The van der Waals surface area contributed by atoms with E-state index in [0.717, 1.165) is 43.1 Å². The molecule has 0 bridgehead atoms. The van der Waals surface area contributed by atoms with Gasteiger partial charge < -0.3 is 4.98 Å². The molecule has 2 aromatic carbocycles. The second kappa shape index (κ2) is 7.09. The highest BCUT2D eigenvalue weighted by molar-refractivity contribution is 5.70. The molecule has 0 fully saturated rings. The molecule has 0 aliphatic carbocycles. The number of hydrogen-bond donors (Lipinski definition) is 2. The molecule has 4 aromatic rings. The first kappa shape index (κ1) is 17.0. The minimum absolute atomic E-state index is 0.887. The molecule has 1 aliphatic heterocycles. The maximum absolute atomic E-state index is 4.64. The third-order valence-corrected chi connectivity index (χ3v) is 5.43. The zero-order valence-corrected chi connectivity index (χ0v) is 15.9. The molecule has 2 aromatic heterocycles. The van der Waals surface area contributed by atoms with Crippen molar-refractivity contribution in [1.82, 2.24) is 25.1 Å². The molecule has 0 radical (unpaired) electrons. The van der Waals surface area contributed by atoms with Crippen molar-refractivity contribution in [2.45, 2.75) is 26.4 Å². The van der Waals surface area contributed by atoms with Crippen molar-refractivity contribution in [2.75, 3.05) is 6.54 Å². The number of hydrogen-bond acceptors (Lipinski definition) is 3. The molecule has 2 N–H and O–H groups in total. The van der Waals surface area contributed by atoms with Gasteiger partial charge in [0.1, 0.15) is 5.82 Å². The second-order valence-corrected chi connectivity index (χ2v) is 7.43. The number of benzene rings is 2. The van der Waals surface area contributed by atoms with E-state index in [1.807, 2.05) is 19.2 Å². The lowest BCUT2D eigenvalue weighted by atomic mass is 9.98. The second-order valence-electron chi connectivity index (χ2n) is 7.43. The molecular formula is C23H23N5. The number of rotatable bonds is 4. The quantitative estimate of drug-likeness (QED) is 0.563. The first-order chi connectivity index (χ1) is 13.8. The van der Waals surface area contributed by atoms with E-state index in [0.29, 0.717) is 0 Å². The van der Waals surface area contributed by atoms with Crippen LogP contribution in [0, 0.1) is 6.92 Å². The summed E-state index contributed by atoms with van der Waals surface area (Å²) in [5.74, 6) is 0.968. The van der Waals surface area contributed by atoms with Gasteiger partial charge in [0.2, 0.25) is 0 Å². The van der Waals surface area contributed by atoms with E-state index in [9.17, 15) is 0 Å². The average molecular weight is 369 g/mol. The van der Waals surface area contributed by atoms with E-state index < -0.39 is 0 Å². The van der Waals surface area contributed by atoms with Crippen LogP contribution in [0.5, 0.6) is 0 Å². The summed E-state index contributed by atoms with van der Waals surface area (Å²) >= 11 is 0. The Morgan fingerprint density at radius 2 is 1.71 bits per heavy atom. The van der Waals surface area contributed by atoms with Crippen molar-refractivity contribution in [2.24, 2.45) is 0 Å². The maximum Gasteiger partial charge on any atom is 0.103 e. The lowest BCUT2D eigenvalue weighted by Gasteiger charge is -2.26. The monoisotopic (exact) mass is 369 g/mol. The first-order valence-electron chi connectivity index (χ1n) is 9.71. The van der Waals surface area contributed by atoms with Gasteiger partial charge in [-0.2, -0.15) is 5.10 Å². The lowest BCUT2D eigenvalue weighted by molar-refractivity contribution is 0.242. The molecule has 0 saturated carbocycles. The number of fused-ring (bicyclic) bond motifs is 1. The van der Waals surface area contributed by atoms with Crippen LogP contribution in [0.25, 0.3) is 22.4 Å². The third kappa shape index (κ3) is 3.25. The van der Waals surface area contributed by atoms with Gasteiger partial charge in [-0.3, -0.25) is 10.00 Å². The normalized spacial score (nSPS) is 14.2. The Morgan fingerprint density at radius 1 is 0.964 bits per heavy atom. The fourth-order valence-corrected chi connectivity index (χ4v) is 3.97. The van der Waals surface area contributed by atoms with Crippen LogP contribution in [-0.4, -0.2) is 31.6 Å². The smallest absolute Gasteiger partial charge is 0.103 e. The Bertz CT molecular complexity index is 1080. The number of H-pyrrole nitrogens is 2. The molecule has 5 rings (SSSR count). The van der Waals surface area contributed by atoms with Gasteiger partial charge in [0, 0.05) is 54.8 Å². The summed E-state index contributed by atoms with van der Waals surface area (Å²) in [4.78, 5) is 10.1. The summed E-state index contributed by atoms with van der Waals surface area (Å²) in [6.45, 7) is 4.81. The van der Waals surface area contributed by atoms with Crippen molar-refractivity contribution in [1.29, 1.82) is 0 Å². The van der Waals surface area contributed by atoms with Crippen LogP contribution in [0.2, 0.25) is 0 Å². The van der Waals surface area contributed by atoms with Gasteiger partial charge in [0.25, 0.3) is 0 Å². The number of aromatic amines is 2. The molecule has 3 heterocycles. The maximum atomic E-state index is 4.64. The van der Waals surface area contributed by atoms with Crippen LogP contribution in [0.1, 0.15) is 22.8 Å². The molecule has 1 aliphatic rings. The van der Waals surface area contributed by atoms with Gasteiger partial charge in [-0.15, -0.1) is 0 Å². The summed E-state index contributed by atoms with van der Waals surface area (Å²) in [6, 6.07) is 19.2. The number of nitrogens with zero attached hydrogens (tertiary/aromatic N) is 3. The molecule has 0 unspecified atom stereocenters. The fourth-order valence-electron chi connectivity index (χ4n) is 3.97. The zero-order chi connectivity index (χ0) is 18.9. The standard InChI is InChI=1S/C23H23N5/c1-16-24-13-20(25-16)14-28-12-11-22-21(15-28)23(27-26-22)19-9-7-18(8-10-19)17-5-3-2-4-6-17/h2-10,13H,11-12,14-15H2,1H3,(H,24,25)(H,26,27). The van der Waals surface area contributed by atoms with Crippen LogP contribution in [0.3, 0.4) is 0 Å². The number of imidazole rings is 1. The average Bonchev–Trinajstić information content (AvgIpc) is 3.34. The predicted molar refractivity (Wildman–Crippen MR) is 111 cm³/mol. The molecule has 0 spiro atoms. The van der Waals surface area contributed by atoms with E-state index in [1.54, 1.807) is 0 Å². The SMILES string of the molecule is Cc1ncc(CN2CCc3[nH]nc(-c4ccc(-c5ccccc5)cc4)c3C2)[nH]1. The molecule has 0 amide bonds. The van der Waals surface area contributed by atoms with Crippen LogP contribution >= 0.6 is 0 Å². The Hall–Kier alpha value is -3.18. The van der Waals surface area contributed by atoms with E-state index in [4.69, 9.17) is 0 Å². The fraction of sp³-hybridized carbons (Fsp3) is 0.217. The highest BCUT2D eigenvalue weighted by Gasteiger charge is 2.23. The van der Waals surface area contributed by atoms with Gasteiger partial charge in [0.05, 0.1) is 5.69 Å². The summed E-state index contributed by atoms with van der Waals surface area (Å²) in [5, 5.41) is 7.91. The van der Waals surface area contributed by atoms with Crippen LogP contribution < -0.4 is 0 Å². The Kier molecular flexibility index (Phi) is 4.29. The summed E-state index contributed by atoms with van der Waals surface area (Å²) in [7, 11) is 0. The lowest BCUT2D eigenvalue weighted by Crippen LogP contribution is -2.30. The largest absolute Gasteiger partial charge is 0.345 e. The summed E-state index contributed by atoms with van der Waals surface area (Å²) < 4.78 is 0. The van der Waals surface area contributed by atoms with Crippen LogP contribution in [0.4, 0.5) is 0 Å². The third-order valence-electron chi connectivity index (χ3n) is 5.43. The molecule has 0 atom stereocenters. The number of aromatic nitrogens is 4. The number of nitrogens with one attached hydrogen (secondary N) is 2. The van der Waals surface area contributed by atoms with Gasteiger partial charge in [-0.05, 0) is 18.1 Å². The Labute approximate surface area is 164 Å². The van der Waals surface area contributed by atoms with E-state index in [1.165, 1.54) is 28.1 Å². The van der Waals surface area contributed by atoms with Gasteiger partial charge in [-0.25, -0.2) is 4.98 Å². The Morgan fingerprint density at radius 3 is 2.46 bits per heavy atom. The van der Waals surface area contributed by atoms with E-state index in [-0.39, 0.29) is 0 Å². The first-order valence-corrected chi connectivity index (χ1v) is 9.71. The van der Waals surface area contributed by atoms with Crippen molar-refractivity contribution in [3.63, 3.8) is 0 Å². The highest BCUT2D eigenvalue weighted by Crippen LogP contribution is 2.30. The highest BCUT2D eigenvalue weighted by atomic mass is 15.2.